The second kappa shape index (κ2) is 11.3. The van der Waals surface area contributed by atoms with Crippen molar-refractivity contribution in [3.05, 3.63) is 60.0 Å². The van der Waals surface area contributed by atoms with Crippen LogP contribution in [0.2, 0.25) is 0 Å². The van der Waals surface area contributed by atoms with Crippen LogP contribution < -0.4 is 15.0 Å². The Morgan fingerprint density at radius 2 is 1.69 bits per heavy atom. The van der Waals surface area contributed by atoms with Crippen LogP contribution in [-0.4, -0.2) is 76.4 Å². The number of aromatic hydroxyl groups is 1. The number of hydrogen-bond donors (Lipinski definition) is 2. The van der Waals surface area contributed by atoms with Gasteiger partial charge in [0.05, 0.1) is 6.20 Å². The number of rotatable bonds is 7. The number of ether oxygens (including phenoxy) is 1. The van der Waals surface area contributed by atoms with Gasteiger partial charge in [0.15, 0.2) is 11.5 Å². The van der Waals surface area contributed by atoms with Crippen LogP contribution in [0, 0.1) is 0 Å². The molecule has 1 aliphatic heterocycles. The first-order chi connectivity index (χ1) is 18.3. The second-order valence-corrected chi connectivity index (χ2v) is 8.68. The van der Waals surface area contributed by atoms with Gasteiger partial charge in [-0.25, -0.2) is 0 Å². The van der Waals surface area contributed by atoms with Gasteiger partial charge >= 0.3 is 12.5 Å². The normalized spacial score (nSPS) is 14.8. The van der Waals surface area contributed by atoms with Crippen LogP contribution in [0.4, 0.5) is 32.2 Å². The number of carbonyl (C=O) groups excluding carboxylic acids is 1. The molecule has 0 radical (unpaired) electrons. The zero-order valence-electron chi connectivity index (χ0n) is 20.1. The molecule has 208 valence electrons. The Morgan fingerprint density at radius 1 is 0.949 bits per heavy atom. The smallest absolute Gasteiger partial charge is 0.506 e. The molecule has 2 N–H and O–H groups in total. The third kappa shape index (κ3) is 8.17. The van der Waals surface area contributed by atoms with Crippen LogP contribution in [0.25, 0.3) is 11.1 Å². The minimum Gasteiger partial charge on any atom is -0.506 e. The number of nitrogens with zero attached hydrogens (tertiary/aromatic N) is 5. The molecule has 4 rings (SSSR count). The molecule has 9 nitrogen and oxygen atoms in total. The minimum atomic E-state index is -4.88. The molecule has 1 amide bonds. The molecule has 0 atom stereocenters. The molecular formula is C24H22F6N6O3. The summed E-state index contributed by atoms with van der Waals surface area (Å²) in [5.74, 6) is -1.09. The summed E-state index contributed by atoms with van der Waals surface area (Å²) in [5, 5.41) is 19.1. The summed E-state index contributed by atoms with van der Waals surface area (Å²) in [7, 11) is 0. The van der Waals surface area contributed by atoms with Crippen molar-refractivity contribution in [2.75, 3.05) is 37.6 Å². The van der Waals surface area contributed by atoms with Crippen LogP contribution in [0.1, 0.15) is 16.1 Å². The lowest BCUT2D eigenvalue weighted by Crippen LogP contribution is -2.46. The van der Waals surface area contributed by atoms with Crippen LogP contribution in [0.3, 0.4) is 0 Å². The molecule has 0 aliphatic carbocycles. The predicted octanol–water partition coefficient (Wildman–Crippen LogP) is 3.76. The van der Waals surface area contributed by atoms with Gasteiger partial charge in [0, 0.05) is 44.5 Å². The molecule has 39 heavy (non-hydrogen) atoms. The Bertz CT molecular complexity index is 1290. The third-order valence-corrected chi connectivity index (χ3v) is 5.69. The Hall–Kier alpha value is -4.14. The number of halogens is 6. The SMILES string of the molecule is O=C(NCC(F)(F)F)c1ccc(N2CCN(Cc3cc(OC(F)(F)F)cc(-c4cncc(O)c4)c3)CC2)nn1. The van der Waals surface area contributed by atoms with Crippen molar-refractivity contribution in [2.45, 2.75) is 19.1 Å². The number of piperazine rings is 1. The van der Waals surface area contributed by atoms with Gasteiger partial charge in [-0.1, -0.05) is 0 Å². The molecule has 1 aliphatic rings. The largest absolute Gasteiger partial charge is 0.573 e. The first-order valence-corrected chi connectivity index (χ1v) is 11.5. The fourth-order valence-electron chi connectivity index (χ4n) is 3.98. The van der Waals surface area contributed by atoms with E-state index in [9.17, 15) is 36.2 Å². The number of nitrogens with one attached hydrogen (secondary N) is 1. The van der Waals surface area contributed by atoms with Crippen LogP contribution >= 0.6 is 0 Å². The topological polar surface area (TPSA) is 104 Å². The van der Waals surface area contributed by atoms with Gasteiger partial charge in [-0.2, -0.15) is 13.2 Å². The van der Waals surface area contributed by atoms with Crippen LogP contribution in [0.5, 0.6) is 11.5 Å². The first-order valence-electron chi connectivity index (χ1n) is 11.5. The van der Waals surface area contributed by atoms with Crippen molar-refractivity contribution in [3.8, 4) is 22.6 Å². The number of anilines is 1. The van der Waals surface area contributed by atoms with Gasteiger partial charge in [-0.05, 0) is 47.5 Å². The lowest BCUT2D eigenvalue weighted by molar-refractivity contribution is -0.274. The average molecular weight is 556 g/mol. The van der Waals surface area contributed by atoms with Crippen molar-refractivity contribution >= 4 is 11.7 Å². The number of carbonyl (C=O) groups is 1. The van der Waals surface area contributed by atoms with Crippen molar-refractivity contribution in [2.24, 2.45) is 0 Å². The van der Waals surface area contributed by atoms with E-state index in [1.807, 2.05) is 9.80 Å². The van der Waals surface area contributed by atoms with E-state index < -0.39 is 30.7 Å². The maximum atomic E-state index is 12.9. The first kappa shape index (κ1) is 27.9. The van der Waals surface area contributed by atoms with Crippen LogP contribution in [-0.2, 0) is 6.54 Å². The predicted molar refractivity (Wildman–Crippen MR) is 126 cm³/mol. The Labute approximate surface area is 218 Å². The third-order valence-electron chi connectivity index (χ3n) is 5.69. The molecule has 0 saturated carbocycles. The highest BCUT2D eigenvalue weighted by Crippen LogP contribution is 2.31. The van der Waals surface area contributed by atoms with Gasteiger partial charge in [0.2, 0.25) is 0 Å². The zero-order chi connectivity index (χ0) is 28.2. The lowest BCUT2D eigenvalue weighted by atomic mass is 10.0. The second-order valence-electron chi connectivity index (χ2n) is 8.68. The summed E-state index contributed by atoms with van der Waals surface area (Å²) in [6.45, 7) is 0.833. The van der Waals surface area contributed by atoms with Crippen LogP contribution in [0.15, 0.2) is 48.8 Å². The molecule has 1 saturated heterocycles. The van der Waals surface area contributed by atoms with E-state index in [0.29, 0.717) is 55.2 Å². The number of pyridine rings is 1. The average Bonchev–Trinajstić information content (AvgIpc) is 2.86. The molecule has 3 heterocycles. The molecule has 0 unspecified atom stereocenters. The van der Waals surface area contributed by atoms with Gasteiger partial charge in [0.25, 0.3) is 5.91 Å². The van der Waals surface area contributed by atoms with Gasteiger partial charge in [-0.3, -0.25) is 14.7 Å². The quantitative estimate of drug-likeness (QED) is 0.425. The van der Waals surface area contributed by atoms with E-state index in [-0.39, 0.29) is 11.4 Å². The molecule has 0 spiro atoms. The van der Waals surface area contributed by atoms with Crippen molar-refractivity contribution in [1.29, 1.82) is 0 Å². The molecule has 3 aromatic rings. The van der Waals surface area contributed by atoms with E-state index in [1.165, 1.54) is 42.7 Å². The summed E-state index contributed by atoms with van der Waals surface area (Å²) in [5.41, 5.74) is 1.11. The Kier molecular flexibility index (Phi) is 8.09. The molecular weight excluding hydrogens is 534 g/mol. The monoisotopic (exact) mass is 556 g/mol. The van der Waals surface area contributed by atoms with E-state index in [0.717, 1.165) is 0 Å². The number of aromatic nitrogens is 3. The molecule has 0 bridgehead atoms. The van der Waals surface area contributed by atoms with Gasteiger partial charge in [0.1, 0.15) is 18.0 Å². The van der Waals surface area contributed by atoms with E-state index in [4.69, 9.17) is 0 Å². The number of alkyl halides is 6. The summed E-state index contributed by atoms with van der Waals surface area (Å²) < 4.78 is 79.8. The van der Waals surface area contributed by atoms with E-state index in [2.05, 4.69) is 19.9 Å². The standard InChI is InChI=1S/C24H22F6N6O3/c25-23(26,27)14-32-22(38)20-1-2-21(34-33-20)36-5-3-35(4-6-36)13-15-7-16(17-9-18(37)12-31-11-17)10-19(8-15)39-24(28,29)30/h1-2,7-12,37H,3-6,13-14H2,(H,32,38). The zero-order valence-corrected chi connectivity index (χ0v) is 20.1. The molecule has 1 aromatic carbocycles. The molecule has 1 fully saturated rings. The highest BCUT2D eigenvalue weighted by Gasteiger charge is 2.32. The molecule has 2 aromatic heterocycles. The fraction of sp³-hybridized carbons (Fsp3) is 0.333. The fourth-order valence-corrected chi connectivity index (χ4v) is 3.98. The van der Waals surface area contributed by atoms with Crippen molar-refractivity contribution < 1.29 is 41.0 Å². The van der Waals surface area contributed by atoms with E-state index in [1.54, 1.807) is 11.4 Å². The molecule has 15 heteroatoms. The van der Waals surface area contributed by atoms with Crippen molar-refractivity contribution in [3.63, 3.8) is 0 Å². The maximum absolute atomic E-state index is 12.9. The summed E-state index contributed by atoms with van der Waals surface area (Å²) in [4.78, 5) is 19.6. The minimum absolute atomic E-state index is 0.134. The Balaban J connectivity index is 1.40. The van der Waals surface area contributed by atoms with Gasteiger partial charge in [-0.15, -0.1) is 23.4 Å². The highest BCUT2D eigenvalue weighted by molar-refractivity contribution is 5.92. The number of hydrogen-bond acceptors (Lipinski definition) is 8. The number of amides is 1. The Morgan fingerprint density at radius 3 is 2.31 bits per heavy atom. The summed E-state index contributed by atoms with van der Waals surface area (Å²) >= 11 is 0. The lowest BCUT2D eigenvalue weighted by Gasteiger charge is -2.35. The van der Waals surface area contributed by atoms with E-state index >= 15 is 0 Å². The van der Waals surface area contributed by atoms with Gasteiger partial charge < -0.3 is 20.1 Å². The summed E-state index contributed by atoms with van der Waals surface area (Å²) in [6, 6.07) is 8.36. The summed E-state index contributed by atoms with van der Waals surface area (Å²) in [6.07, 6.45) is -6.80. The highest BCUT2D eigenvalue weighted by atomic mass is 19.4. The maximum Gasteiger partial charge on any atom is 0.573 e. The number of benzene rings is 1. The van der Waals surface area contributed by atoms with Crippen molar-refractivity contribution in [1.82, 2.24) is 25.4 Å².